The Balaban J connectivity index is 3.20. The number of halogens is 3. The summed E-state index contributed by atoms with van der Waals surface area (Å²) in [6, 6.07) is 1.35. The van der Waals surface area contributed by atoms with Crippen LogP contribution in [0.4, 0.5) is 8.78 Å². The van der Waals surface area contributed by atoms with Gasteiger partial charge in [0, 0.05) is 0 Å². The lowest BCUT2D eigenvalue weighted by atomic mass is 10.1. The molecule has 1 atom stereocenters. The first kappa shape index (κ1) is 15.4. The van der Waals surface area contributed by atoms with E-state index in [0.717, 1.165) is 6.21 Å². The molecule has 0 heterocycles. The summed E-state index contributed by atoms with van der Waals surface area (Å²) in [6.07, 6.45) is 0.990. The number of hydrogen-bond acceptors (Lipinski definition) is 1. The van der Waals surface area contributed by atoms with E-state index in [1.807, 2.05) is 0 Å². The molecule has 6 heteroatoms. The number of benzene rings is 1. The van der Waals surface area contributed by atoms with Crippen molar-refractivity contribution in [2.75, 3.05) is 0 Å². The van der Waals surface area contributed by atoms with Crippen molar-refractivity contribution in [2.24, 2.45) is 4.40 Å². The Morgan fingerprint density at radius 1 is 1.33 bits per heavy atom. The summed E-state index contributed by atoms with van der Waals surface area (Å²) in [7, 11) is -1.55. The van der Waals surface area contributed by atoms with Crippen LogP contribution in [-0.4, -0.2) is 15.2 Å². The van der Waals surface area contributed by atoms with Crippen molar-refractivity contribution in [3.05, 3.63) is 33.3 Å². The molecular formula is C12H14BrF2NOS. The highest BCUT2D eigenvalue weighted by Crippen LogP contribution is 2.24. The van der Waals surface area contributed by atoms with Crippen molar-refractivity contribution < 1.29 is 13.0 Å². The first-order chi connectivity index (χ1) is 8.14. The van der Waals surface area contributed by atoms with Crippen LogP contribution in [0.15, 0.2) is 14.9 Å². The average Bonchev–Trinajstić information content (AvgIpc) is 2.25. The molecular weight excluding hydrogens is 324 g/mol. The zero-order valence-electron chi connectivity index (χ0n) is 10.6. The summed E-state index contributed by atoms with van der Waals surface area (Å²) in [4.78, 5) is 0. The van der Waals surface area contributed by atoms with Crippen molar-refractivity contribution in [1.29, 1.82) is 0 Å². The molecule has 1 rings (SSSR count). The maximum atomic E-state index is 13.7. The topological polar surface area (TPSA) is 29.4 Å². The fraction of sp³-hybridized carbons (Fsp3) is 0.417. The van der Waals surface area contributed by atoms with Crippen LogP contribution in [-0.2, 0) is 11.0 Å². The lowest BCUT2D eigenvalue weighted by Crippen LogP contribution is -2.19. The van der Waals surface area contributed by atoms with Gasteiger partial charge in [0.05, 0.1) is 21.0 Å². The first-order valence-corrected chi connectivity index (χ1v) is 7.14. The molecule has 0 amide bonds. The summed E-state index contributed by atoms with van der Waals surface area (Å²) < 4.78 is 42.4. The molecule has 0 unspecified atom stereocenters. The Kier molecular flexibility index (Phi) is 4.78. The van der Waals surface area contributed by atoms with Crippen LogP contribution in [0.2, 0.25) is 0 Å². The van der Waals surface area contributed by atoms with Gasteiger partial charge < -0.3 is 0 Å². The molecule has 0 aliphatic carbocycles. The van der Waals surface area contributed by atoms with E-state index in [2.05, 4.69) is 20.3 Å². The second kappa shape index (κ2) is 5.57. The Morgan fingerprint density at radius 3 is 2.39 bits per heavy atom. The number of rotatable bonds is 2. The number of hydrogen-bond donors (Lipinski definition) is 0. The van der Waals surface area contributed by atoms with E-state index in [4.69, 9.17) is 0 Å². The van der Waals surface area contributed by atoms with E-state index in [0.29, 0.717) is 5.56 Å². The van der Waals surface area contributed by atoms with Crippen molar-refractivity contribution >= 4 is 33.1 Å². The van der Waals surface area contributed by atoms with Gasteiger partial charge >= 0.3 is 0 Å². The third-order valence-corrected chi connectivity index (χ3v) is 4.10. The second-order valence-corrected chi connectivity index (χ2v) is 7.60. The normalized spacial score (nSPS) is 14.2. The maximum absolute atomic E-state index is 13.7. The molecule has 0 N–H and O–H groups in total. The van der Waals surface area contributed by atoms with Crippen LogP contribution < -0.4 is 0 Å². The quantitative estimate of drug-likeness (QED) is 0.594. The van der Waals surface area contributed by atoms with E-state index >= 15 is 0 Å². The lowest BCUT2D eigenvalue weighted by molar-refractivity contribution is 0.570. The second-order valence-electron chi connectivity index (χ2n) is 4.81. The van der Waals surface area contributed by atoms with Crippen molar-refractivity contribution in [2.45, 2.75) is 32.4 Å². The van der Waals surface area contributed by atoms with Gasteiger partial charge in [-0.2, -0.15) is 4.40 Å². The standard InChI is InChI=1S/C12H14BrF2NOS/c1-7-5-9(13)11(15)8(10(7)14)6-16-18(17)12(2,3)4/h5-6H,1-4H3/b16-6+/t18-/m1/s1. The van der Waals surface area contributed by atoms with Gasteiger partial charge in [-0.15, -0.1) is 0 Å². The van der Waals surface area contributed by atoms with Crippen LogP contribution in [0.5, 0.6) is 0 Å². The maximum Gasteiger partial charge on any atom is 0.149 e. The van der Waals surface area contributed by atoms with E-state index in [9.17, 15) is 13.0 Å². The first-order valence-electron chi connectivity index (χ1n) is 5.24. The molecule has 0 saturated heterocycles. The molecule has 0 spiro atoms. The summed E-state index contributed by atoms with van der Waals surface area (Å²) >= 11 is 3.00. The number of nitrogens with zero attached hydrogens (tertiary/aromatic N) is 1. The minimum Gasteiger partial charge on any atom is -0.234 e. The smallest absolute Gasteiger partial charge is 0.149 e. The molecule has 18 heavy (non-hydrogen) atoms. The van der Waals surface area contributed by atoms with E-state index in [1.165, 1.54) is 13.0 Å². The van der Waals surface area contributed by atoms with Crippen LogP contribution in [0.25, 0.3) is 0 Å². The molecule has 0 aliphatic rings. The van der Waals surface area contributed by atoms with Crippen LogP contribution in [0.1, 0.15) is 31.9 Å². The van der Waals surface area contributed by atoms with Gasteiger partial charge in [0.25, 0.3) is 0 Å². The van der Waals surface area contributed by atoms with E-state index in [1.54, 1.807) is 20.8 Å². The van der Waals surface area contributed by atoms with Crippen LogP contribution >= 0.6 is 15.9 Å². The lowest BCUT2D eigenvalue weighted by Gasteiger charge is -2.13. The van der Waals surface area contributed by atoms with Gasteiger partial charge in [-0.05, 0) is 55.3 Å². The molecule has 1 aromatic carbocycles. The largest absolute Gasteiger partial charge is 0.234 e. The summed E-state index contributed by atoms with van der Waals surface area (Å²) in [5, 5.41) is 0. The molecule has 100 valence electrons. The highest BCUT2D eigenvalue weighted by molar-refractivity contribution is 9.10. The van der Waals surface area contributed by atoms with E-state index < -0.39 is 27.4 Å². The predicted octanol–water partition coefficient (Wildman–Crippen LogP) is 3.92. The molecule has 0 fully saturated rings. The molecule has 0 radical (unpaired) electrons. The van der Waals surface area contributed by atoms with Crippen molar-refractivity contribution in [3.63, 3.8) is 0 Å². The molecule has 0 bridgehead atoms. The zero-order chi connectivity index (χ0) is 14.1. The summed E-state index contributed by atoms with van der Waals surface area (Å²) in [5.41, 5.74) is 0.0192. The van der Waals surface area contributed by atoms with Gasteiger partial charge in [0.2, 0.25) is 0 Å². The third-order valence-electron chi connectivity index (χ3n) is 2.17. The monoisotopic (exact) mass is 337 g/mol. The average molecular weight is 338 g/mol. The van der Waals surface area contributed by atoms with Gasteiger partial charge in [-0.1, -0.05) is 0 Å². The third kappa shape index (κ3) is 3.45. The van der Waals surface area contributed by atoms with Gasteiger partial charge in [0.1, 0.15) is 22.6 Å². The molecule has 0 saturated carbocycles. The zero-order valence-corrected chi connectivity index (χ0v) is 13.0. The SMILES string of the molecule is Cc1cc(Br)c(F)c(/C=N/[S@](=O)C(C)(C)C)c1F. The van der Waals surface area contributed by atoms with Crippen molar-refractivity contribution in [3.8, 4) is 0 Å². The van der Waals surface area contributed by atoms with Crippen LogP contribution in [0, 0.1) is 18.6 Å². The molecule has 2 nitrogen and oxygen atoms in total. The fourth-order valence-electron chi connectivity index (χ4n) is 1.13. The Labute approximate surface area is 116 Å². The highest BCUT2D eigenvalue weighted by Gasteiger charge is 2.19. The van der Waals surface area contributed by atoms with Gasteiger partial charge in [-0.3, -0.25) is 0 Å². The van der Waals surface area contributed by atoms with Gasteiger partial charge in [-0.25, -0.2) is 13.0 Å². The number of aryl methyl sites for hydroxylation is 1. The summed E-state index contributed by atoms with van der Waals surface area (Å²) in [5.74, 6) is -1.43. The Hall–Kier alpha value is -0.620. The Bertz CT molecular complexity index is 498. The van der Waals surface area contributed by atoms with Crippen LogP contribution in [0.3, 0.4) is 0 Å². The molecule has 1 aromatic rings. The minimum atomic E-state index is -1.55. The highest BCUT2D eigenvalue weighted by atomic mass is 79.9. The molecule has 0 aliphatic heterocycles. The minimum absolute atomic E-state index is 0.157. The molecule has 0 aromatic heterocycles. The summed E-state index contributed by atoms with van der Waals surface area (Å²) in [6.45, 7) is 6.73. The van der Waals surface area contributed by atoms with Gasteiger partial charge in [0.15, 0.2) is 0 Å². The Morgan fingerprint density at radius 2 is 1.89 bits per heavy atom. The predicted molar refractivity (Wildman–Crippen MR) is 74.3 cm³/mol. The van der Waals surface area contributed by atoms with E-state index in [-0.39, 0.29) is 10.0 Å². The fourth-order valence-corrected chi connectivity index (χ4v) is 2.20. The van der Waals surface area contributed by atoms with Crippen molar-refractivity contribution in [1.82, 2.24) is 0 Å².